The standard InChI is InChI=1S/C12H17ClN2/c1-10-9-11(13)3-4-12(10)15-7-5-14(2)6-8-15/h3-4,9H,5-8H2,1-2H3. The van der Waals surface area contributed by atoms with Crippen LogP contribution in [0.4, 0.5) is 5.69 Å². The Labute approximate surface area is 96.4 Å². The lowest BCUT2D eigenvalue weighted by molar-refractivity contribution is 0.312. The second kappa shape index (κ2) is 4.42. The minimum Gasteiger partial charge on any atom is -0.369 e. The molecule has 0 spiro atoms. The SMILES string of the molecule is Cc1cc(Cl)ccc1N1CCN(C)CC1. The molecule has 0 atom stereocenters. The van der Waals surface area contributed by atoms with Gasteiger partial charge in [-0.15, -0.1) is 0 Å². The molecule has 1 heterocycles. The first-order valence-corrected chi connectivity index (χ1v) is 5.74. The summed E-state index contributed by atoms with van der Waals surface area (Å²) in [5, 5.41) is 0.824. The Hall–Kier alpha value is -0.730. The van der Waals surface area contributed by atoms with Crippen LogP contribution in [0.15, 0.2) is 18.2 Å². The van der Waals surface area contributed by atoms with E-state index in [1.165, 1.54) is 11.3 Å². The number of likely N-dealkylation sites (N-methyl/N-ethyl adjacent to an activating group) is 1. The molecular formula is C12H17ClN2. The van der Waals surface area contributed by atoms with E-state index in [9.17, 15) is 0 Å². The largest absolute Gasteiger partial charge is 0.369 e. The van der Waals surface area contributed by atoms with Gasteiger partial charge in [0.15, 0.2) is 0 Å². The molecule has 0 aromatic heterocycles. The van der Waals surface area contributed by atoms with Gasteiger partial charge in [-0.3, -0.25) is 0 Å². The van der Waals surface area contributed by atoms with Gasteiger partial charge in [-0.2, -0.15) is 0 Å². The highest BCUT2D eigenvalue weighted by Gasteiger charge is 2.15. The van der Waals surface area contributed by atoms with E-state index in [1.807, 2.05) is 12.1 Å². The Kier molecular flexibility index (Phi) is 3.17. The molecule has 0 amide bonds. The van der Waals surface area contributed by atoms with Crippen LogP contribution in [0.2, 0.25) is 5.02 Å². The summed E-state index contributed by atoms with van der Waals surface area (Å²) in [7, 11) is 2.17. The van der Waals surface area contributed by atoms with Crippen molar-refractivity contribution in [2.45, 2.75) is 6.92 Å². The van der Waals surface area contributed by atoms with Crippen LogP contribution in [-0.2, 0) is 0 Å². The van der Waals surface area contributed by atoms with Crippen LogP contribution in [0.1, 0.15) is 5.56 Å². The molecule has 0 N–H and O–H groups in total. The first-order valence-electron chi connectivity index (χ1n) is 5.36. The van der Waals surface area contributed by atoms with Crippen LogP contribution in [-0.4, -0.2) is 38.1 Å². The zero-order chi connectivity index (χ0) is 10.8. The molecule has 0 radical (unpaired) electrons. The van der Waals surface area contributed by atoms with E-state index in [4.69, 9.17) is 11.6 Å². The van der Waals surface area contributed by atoms with Crippen molar-refractivity contribution in [2.75, 3.05) is 38.1 Å². The van der Waals surface area contributed by atoms with Crippen molar-refractivity contribution in [3.8, 4) is 0 Å². The lowest BCUT2D eigenvalue weighted by Gasteiger charge is -2.34. The highest BCUT2D eigenvalue weighted by atomic mass is 35.5. The number of rotatable bonds is 1. The number of aryl methyl sites for hydroxylation is 1. The zero-order valence-corrected chi connectivity index (χ0v) is 10.1. The normalized spacial score (nSPS) is 18.2. The van der Waals surface area contributed by atoms with E-state index < -0.39 is 0 Å². The monoisotopic (exact) mass is 224 g/mol. The van der Waals surface area contributed by atoms with E-state index in [1.54, 1.807) is 0 Å². The Morgan fingerprint density at radius 2 is 1.80 bits per heavy atom. The molecule has 1 fully saturated rings. The molecule has 15 heavy (non-hydrogen) atoms. The van der Waals surface area contributed by atoms with Gasteiger partial charge in [-0.05, 0) is 37.7 Å². The fraction of sp³-hybridized carbons (Fsp3) is 0.500. The molecule has 1 aromatic carbocycles. The molecule has 1 aliphatic heterocycles. The third kappa shape index (κ3) is 2.44. The van der Waals surface area contributed by atoms with Crippen molar-refractivity contribution in [1.82, 2.24) is 4.90 Å². The highest BCUT2D eigenvalue weighted by molar-refractivity contribution is 6.30. The molecule has 1 saturated heterocycles. The van der Waals surface area contributed by atoms with Crippen LogP contribution in [0, 0.1) is 6.92 Å². The van der Waals surface area contributed by atoms with Gasteiger partial charge in [0, 0.05) is 36.9 Å². The van der Waals surface area contributed by atoms with Crippen molar-refractivity contribution in [1.29, 1.82) is 0 Å². The van der Waals surface area contributed by atoms with E-state index >= 15 is 0 Å². The highest BCUT2D eigenvalue weighted by Crippen LogP contribution is 2.24. The van der Waals surface area contributed by atoms with Gasteiger partial charge in [0.1, 0.15) is 0 Å². The second-order valence-electron chi connectivity index (χ2n) is 4.22. The quantitative estimate of drug-likeness (QED) is 0.723. The first kappa shape index (κ1) is 10.8. The number of hydrogen-bond donors (Lipinski definition) is 0. The summed E-state index contributed by atoms with van der Waals surface area (Å²) >= 11 is 5.95. The van der Waals surface area contributed by atoms with Crippen molar-refractivity contribution in [3.63, 3.8) is 0 Å². The molecule has 0 saturated carbocycles. The Bertz CT molecular complexity index is 343. The molecule has 2 rings (SSSR count). The molecule has 0 unspecified atom stereocenters. The molecule has 82 valence electrons. The van der Waals surface area contributed by atoms with E-state index in [-0.39, 0.29) is 0 Å². The molecule has 0 bridgehead atoms. The Balaban J connectivity index is 2.15. The predicted octanol–water partition coefficient (Wildman–Crippen LogP) is 2.40. The minimum atomic E-state index is 0.824. The maximum absolute atomic E-state index is 5.95. The summed E-state index contributed by atoms with van der Waals surface area (Å²) in [4.78, 5) is 4.80. The molecule has 2 nitrogen and oxygen atoms in total. The van der Waals surface area contributed by atoms with Gasteiger partial charge >= 0.3 is 0 Å². The van der Waals surface area contributed by atoms with Gasteiger partial charge in [0.05, 0.1) is 0 Å². The Morgan fingerprint density at radius 1 is 1.13 bits per heavy atom. The summed E-state index contributed by atoms with van der Waals surface area (Å²) in [6.07, 6.45) is 0. The maximum atomic E-state index is 5.95. The number of piperazine rings is 1. The maximum Gasteiger partial charge on any atom is 0.0410 e. The van der Waals surface area contributed by atoms with E-state index in [0.29, 0.717) is 0 Å². The fourth-order valence-electron chi connectivity index (χ4n) is 2.02. The predicted molar refractivity (Wildman–Crippen MR) is 65.9 cm³/mol. The summed E-state index contributed by atoms with van der Waals surface area (Å²) in [6, 6.07) is 6.14. The minimum absolute atomic E-state index is 0.824. The smallest absolute Gasteiger partial charge is 0.0410 e. The third-order valence-corrected chi connectivity index (χ3v) is 3.24. The molecule has 0 aliphatic carbocycles. The Morgan fingerprint density at radius 3 is 2.40 bits per heavy atom. The van der Waals surface area contributed by atoms with Gasteiger partial charge in [-0.25, -0.2) is 0 Å². The third-order valence-electron chi connectivity index (χ3n) is 3.00. The van der Waals surface area contributed by atoms with Gasteiger partial charge in [0.2, 0.25) is 0 Å². The van der Waals surface area contributed by atoms with Crippen LogP contribution >= 0.6 is 11.6 Å². The fourth-order valence-corrected chi connectivity index (χ4v) is 2.25. The van der Waals surface area contributed by atoms with Gasteiger partial charge < -0.3 is 9.80 Å². The van der Waals surface area contributed by atoms with E-state index in [2.05, 4.69) is 29.8 Å². The summed E-state index contributed by atoms with van der Waals surface area (Å²) in [6.45, 7) is 6.63. The van der Waals surface area contributed by atoms with Crippen LogP contribution < -0.4 is 4.90 Å². The van der Waals surface area contributed by atoms with Gasteiger partial charge in [0.25, 0.3) is 0 Å². The van der Waals surface area contributed by atoms with Crippen molar-refractivity contribution in [3.05, 3.63) is 28.8 Å². The van der Waals surface area contributed by atoms with Crippen molar-refractivity contribution < 1.29 is 0 Å². The summed E-state index contributed by atoms with van der Waals surface area (Å²) in [5.41, 5.74) is 2.60. The number of nitrogens with zero attached hydrogens (tertiary/aromatic N) is 2. The van der Waals surface area contributed by atoms with Crippen molar-refractivity contribution in [2.24, 2.45) is 0 Å². The molecule has 1 aromatic rings. The second-order valence-corrected chi connectivity index (χ2v) is 4.66. The number of hydrogen-bond acceptors (Lipinski definition) is 2. The summed E-state index contributed by atoms with van der Waals surface area (Å²) in [5.74, 6) is 0. The topological polar surface area (TPSA) is 6.48 Å². The van der Waals surface area contributed by atoms with Gasteiger partial charge in [-0.1, -0.05) is 11.6 Å². The van der Waals surface area contributed by atoms with Crippen LogP contribution in [0.5, 0.6) is 0 Å². The van der Waals surface area contributed by atoms with E-state index in [0.717, 1.165) is 31.2 Å². The lowest BCUT2D eigenvalue weighted by atomic mass is 10.1. The first-order chi connectivity index (χ1) is 7.16. The molecular weight excluding hydrogens is 208 g/mol. The van der Waals surface area contributed by atoms with Crippen molar-refractivity contribution >= 4 is 17.3 Å². The number of halogens is 1. The molecule has 1 aliphatic rings. The number of anilines is 1. The average Bonchev–Trinajstić information content (AvgIpc) is 2.20. The molecule has 3 heteroatoms. The summed E-state index contributed by atoms with van der Waals surface area (Å²) < 4.78 is 0. The zero-order valence-electron chi connectivity index (χ0n) is 9.33. The lowest BCUT2D eigenvalue weighted by Crippen LogP contribution is -2.44. The number of benzene rings is 1. The van der Waals surface area contributed by atoms with Crippen LogP contribution in [0.25, 0.3) is 0 Å². The average molecular weight is 225 g/mol. The van der Waals surface area contributed by atoms with Crippen LogP contribution in [0.3, 0.4) is 0 Å².